The number of hydrogen-bond acceptors (Lipinski definition) is 4. The maximum atomic E-state index is 13.2. The van der Waals surface area contributed by atoms with Gasteiger partial charge in [0.1, 0.15) is 17.0 Å². The molecule has 9 heteroatoms. The van der Waals surface area contributed by atoms with Crippen LogP contribution in [-0.4, -0.2) is 34.9 Å². The van der Waals surface area contributed by atoms with Gasteiger partial charge < -0.3 is 19.4 Å². The number of nitrogens with one attached hydrogen (secondary N) is 1. The van der Waals surface area contributed by atoms with E-state index in [1.54, 1.807) is 27.7 Å². The highest BCUT2D eigenvalue weighted by molar-refractivity contribution is 5.88. The molecule has 0 saturated heterocycles. The van der Waals surface area contributed by atoms with Crippen molar-refractivity contribution in [2.24, 2.45) is 0 Å². The number of hydrogen-bond donors (Lipinski definition) is 1. The number of amides is 1. The van der Waals surface area contributed by atoms with Crippen LogP contribution in [0.2, 0.25) is 0 Å². The Balaban J connectivity index is 3.00. The molecule has 1 N–H and O–H groups in total. The third kappa shape index (κ3) is 6.32. The molecule has 25 heavy (non-hydrogen) atoms. The predicted octanol–water partition coefficient (Wildman–Crippen LogP) is 3.60. The number of alkyl halides is 3. The van der Waals surface area contributed by atoms with Gasteiger partial charge in [0.15, 0.2) is 0 Å². The van der Waals surface area contributed by atoms with E-state index in [1.807, 2.05) is 0 Å². The maximum Gasteiger partial charge on any atom is 0.431 e. The van der Waals surface area contributed by atoms with Crippen LogP contribution in [0.5, 0.6) is 0 Å². The summed E-state index contributed by atoms with van der Waals surface area (Å²) in [7, 11) is 0. The molecule has 1 aromatic heterocycles. The molecule has 0 unspecified atom stereocenters. The van der Waals surface area contributed by atoms with Crippen LogP contribution in [0.3, 0.4) is 0 Å². The number of carbonyl (C=O) groups excluding carboxylic acids is 2. The summed E-state index contributed by atoms with van der Waals surface area (Å²) in [5.74, 6) is -0.859. The number of halogens is 3. The summed E-state index contributed by atoms with van der Waals surface area (Å²) in [5, 5.41) is 2.45. The lowest BCUT2D eigenvalue weighted by atomic mass is 10.2. The maximum absolute atomic E-state index is 13.2. The molecule has 1 heterocycles. The molecule has 0 aliphatic rings. The molecule has 0 fully saturated rings. The van der Waals surface area contributed by atoms with E-state index in [2.05, 4.69) is 5.32 Å². The van der Waals surface area contributed by atoms with Crippen molar-refractivity contribution < 1.29 is 32.2 Å². The average molecular weight is 364 g/mol. The highest BCUT2D eigenvalue weighted by Crippen LogP contribution is 2.31. The van der Waals surface area contributed by atoms with Gasteiger partial charge in [-0.05, 0) is 46.8 Å². The molecule has 0 aromatic carbocycles. The standard InChI is InChI=1S/C16H23F3N2O4/c1-6-24-13(22)11-7-8-12(16(17,18)19)21(11)9-10(2)20-14(23)25-15(3,4)5/h7-8,10H,6,9H2,1-5H3,(H,20,23)/t10-/m1/s1. The molecule has 142 valence electrons. The van der Waals surface area contributed by atoms with E-state index in [0.717, 1.165) is 16.7 Å². The third-order valence-electron chi connectivity index (χ3n) is 2.98. The molecular formula is C16H23F3N2O4. The number of rotatable bonds is 5. The molecular weight excluding hydrogens is 341 g/mol. The van der Waals surface area contributed by atoms with Gasteiger partial charge in [-0.1, -0.05) is 0 Å². The van der Waals surface area contributed by atoms with Crippen molar-refractivity contribution in [3.63, 3.8) is 0 Å². The number of aromatic nitrogens is 1. The van der Waals surface area contributed by atoms with E-state index in [9.17, 15) is 22.8 Å². The van der Waals surface area contributed by atoms with Crippen LogP contribution in [0.4, 0.5) is 18.0 Å². The van der Waals surface area contributed by atoms with Crippen LogP contribution < -0.4 is 5.32 Å². The van der Waals surface area contributed by atoms with Crippen molar-refractivity contribution in [1.82, 2.24) is 9.88 Å². The van der Waals surface area contributed by atoms with Crippen molar-refractivity contribution in [1.29, 1.82) is 0 Å². The Morgan fingerprint density at radius 2 is 1.84 bits per heavy atom. The van der Waals surface area contributed by atoms with Gasteiger partial charge in [-0.3, -0.25) is 0 Å². The molecule has 1 aromatic rings. The zero-order valence-corrected chi connectivity index (χ0v) is 14.9. The van der Waals surface area contributed by atoms with Crippen LogP contribution in [-0.2, 0) is 22.2 Å². The average Bonchev–Trinajstić information content (AvgIpc) is 2.79. The van der Waals surface area contributed by atoms with Gasteiger partial charge in [0, 0.05) is 12.6 Å². The fourth-order valence-electron chi connectivity index (χ4n) is 2.12. The minimum Gasteiger partial charge on any atom is -0.461 e. The molecule has 1 atom stereocenters. The smallest absolute Gasteiger partial charge is 0.431 e. The van der Waals surface area contributed by atoms with Crippen molar-refractivity contribution in [3.05, 3.63) is 23.5 Å². The molecule has 1 rings (SSSR count). The van der Waals surface area contributed by atoms with E-state index in [1.165, 1.54) is 6.92 Å². The quantitative estimate of drug-likeness (QED) is 0.811. The van der Waals surface area contributed by atoms with Gasteiger partial charge in [0.25, 0.3) is 0 Å². The SMILES string of the molecule is CCOC(=O)c1ccc(C(F)(F)F)n1C[C@@H](C)NC(=O)OC(C)(C)C. The lowest BCUT2D eigenvalue weighted by molar-refractivity contribution is -0.143. The van der Waals surface area contributed by atoms with Gasteiger partial charge in [0.2, 0.25) is 0 Å². The number of ether oxygens (including phenoxy) is 2. The van der Waals surface area contributed by atoms with Gasteiger partial charge in [-0.2, -0.15) is 13.2 Å². The van der Waals surface area contributed by atoms with Crippen LogP contribution in [0.15, 0.2) is 12.1 Å². The summed E-state index contributed by atoms with van der Waals surface area (Å²) in [5.41, 5.74) is -1.95. The van der Waals surface area contributed by atoms with E-state index in [4.69, 9.17) is 9.47 Å². The van der Waals surface area contributed by atoms with Gasteiger partial charge in [-0.15, -0.1) is 0 Å². The second-order valence-electron chi connectivity index (χ2n) is 6.48. The van der Waals surface area contributed by atoms with E-state index in [0.29, 0.717) is 0 Å². The Bertz CT molecular complexity index is 618. The highest BCUT2D eigenvalue weighted by Gasteiger charge is 2.36. The van der Waals surface area contributed by atoms with Gasteiger partial charge in [-0.25, -0.2) is 9.59 Å². The van der Waals surface area contributed by atoms with Crippen molar-refractivity contribution in [2.75, 3.05) is 6.61 Å². The van der Waals surface area contributed by atoms with Crippen molar-refractivity contribution in [2.45, 2.75) is 59.0 Å². The van der Waals surface area contributed by atoms with E-state index in [-0.39, 0.29) is 18.8 Å². The summed E-state index contributed by atoms with van der Waals surface area (Å²) in [6.07, 6.45) is -5.39. The second kappa shape index (κ2) is 7.79. The minimum atomic E-state index is -4.64. The predicted molar refractivity (Wildman–Crippen MR) is 84.2 cm³/mol. The van der Waals surface area contributed by atoms with E-state index >= 15 is 0 Å². The summed E-state index contributed by atoms with van der Waals surface area (Å²) < 4.78 is 50.1. The fourth-order valence-corrected chi connectivity index (χ4v) is 2.12. The zero-order valence-electron chi connectivity index (χ0n) is 14.9. The molecule has 0 saturated carbocycles. The summed E-state index contributed by atoms with van der Waals surface area (Å²) in [6.45, 7) is 7.85. The Labute approximate surface area is 144 Å². The molecule has 0 bridgehead atoms. The largest absolute Gasteiger partial charge is 0.461 e. The van der Waals surface area contributed by atoms with Crippen LogP contribution in [0.1, 0.15) is 50.8 Å². The van der Waals surface area contributed by atoms with E-state index < -0.39 is 35.6 Å². The first-order valence-electron chi connectivity index (χ1n) is 7.78. The molecule has 1 amide bonds. The Morgan fingerprint density at radius 1 is 1.24 bits per heavy atom. The highest BCUT2D eigenvalue weighted by atomic mass is 19.4. The number of carbonyl (C=O) groups is 2. The fraction of sp³-hybridized carbons (Fsp3) is 0.625. The molecule has 6 nitrogen and oxygen atoms in total. The summed E-state index contributed by atoms with van der Waals surface area (Å²) in [4.78, 5) is 23.6. The second-order valence-corrected chi connectivity index (χ2v) is 6.48. The normalized spacial score (nSPS) is 13.3. The van der Waals surface area contributed by atoms with Gasteiger partial charge in [0.05, 0.1) is 6.61 Å². The molecule has 0 aliphatic heterocycles. The van der Waals surface area contributed by atoms with Crippen molar-refractivity contribution >= 4 is 12.1 Å². The lowest BCUT2D eigenvalue weighted by Crippen LogP contribution is -2.40. The lowest BCUT2D eigenvalue weighted by Gasteiger charge is -2.23. The number of esters is 1. The monoisotopic (exact) mass is 364 g/mol. The molecule has 0 radical (unpaired) electrons. The van der Waals surface area contributed by atoms with Crippen LogP contribution >= 0.6 is 0 Å². The minimum absolute atomic E-state index is 0.0388. The summed E-state index contributed by atoms with van der Waals surface area (Å²) in [6, 6.07) is 1.16. The third-order valence-corrected chi connectivity index (χ3v) is 2.98. The van der Waals surface area contributed by atoms with Crippen LogP contribution in [0, 0.1) is 0 Å². The number of nitrogens with zero attached hydrogens (tertiary/aromatic N) is 1. The Hall–Kier alpha value is -2.19. The summed E-state index contributed by atoms with van der Waals surface area (Å²) >= 11 is 0. The van der Waals surface area contributed by atoms with Crippen molar-refractivity contribution in [3.8, 4) is 0 Å². The zero-order chi connectivity index (χ0) is 19.4. The molecule has 0 spiro atoms. The topological polar surface area (TPSA) is 69.6 Å². The van der Waals surface area contributed by atoms with Crippen LogP contribution in [0.25, 0.3) is 0 Å². The Morgan fingerprint density at radius 3 is 2.32 bits per heavy atom. The first-order valence-corrected chi connectivity index (χ1v) is 7.78. The molecule has 0 aliphatic carbocycles. The first kappa shape index (κ1) is 20.9. The Kier molecular flexibility index (Phi) is 6.50. The number of alkyl carbamates (subject to hydrolysis) is 1. The first-order chi connectivity index (χ1) is 11.3. The van der Waals surface area contributed by atoms with Gasteiger partial charge >= 0.3 is 18.2 Å².